The zero-order chi connectivity index (χ0) is 12.1. The predicted molar refractivity (Wildman–Crippen MR) is 66.9 cm³/mol. The molecule has 4 N–H and O–H groups in total. The summed E-state index contributed by atoms with van der Waals surface area (Å²) in [6, 6.07) is 4.15. The van der Waals surface area contributed by atoms with Crippen LogP contribution in [-0.4, -0.2) is 30.0 Å². The number of carbonyl (C=O) groups is 1. The third-order valence-electron chi connectivity index (χ3n) is 3.00. The van der Waals surface area contributed by atoms with Crippen molar-refractivity contribution in [3.8, 4) is 0 Å². The van der Waals surface area contributed by atoms with Crippen molar-refractivity contribution in [1.82, 2.24) is 10.3 Å². The van der Waals surface area contributed by atoms with E-state index in [0.29, 0.717) is 11.7 Å². The number of hydrogen-bond donors (Lipinski definition) is 3. The van der Waals surface area contributed by atoms with Gasteiger partial charge in [-0.25, -0.2) is 0 Å². The van der Waals surface area contributed by atoms with Crippen LogP contribution in [0.1, 0.15) is 29.8 Å². The Hall–Kier alpha value is -1.62. The molecule has 0 spiro atoms. The number of aromatic nitrogens is 1. The summed E-state index contributed by atoms with van der Waals surface area (Å²) in [7, 11) is 0. The smallest absolute Gasteiger partial charge is 0.267 e. The van der Waals surface area contributed by atoms with Crippen molar-refractivity contribution < 1.29 is 4.79 Å². The number of anilines is 1. The topological polar surface area (TPSA) is 80.0 Å². The first-order valence-electron chi connectivity index (χ1n) is 5.99. The largest absolute Gasteiger partial charge is 0.385 e. The number of amides is 1. The highest BCUT2D eigenvalue weighted by atomic mass is 16.1. The maximum absolute atomic E-state index is 11.0. The number of rotatable bonds is 5. The summed E-state index contributed by atoms with van der Waals surface area (Å²) < 4.78 is 0. The number of nitrogens with two attached hydrogens (primary N) is 1. The van der Waals surface area contributed by atoms with Crippen molar-refractivity contribution in [3.63, 3.8) is 0 Å². The van der Waals surface area contributed by atoms with Gasteiger partial charge in [-0.3, -0.25) is 9.78 Å². The average Bonchev–Trinajstić information content (AvgIpc) is 2.82. The van der Waals surface area contributed by atoms with Gasteiger partial charge in [0.15, 0.2) is 0 Å². The molecule has 1 aliphatic heterocycles. The van der Waals surface area contributed by atoms with Crippen LogP contribution in [0.3, 0.4) is 0 Å². The molecule has 2 heterocycles. The van der Waals surface area contributed by atoms with Crippen LogP contribution in [0.2, 0.25) is 0 Å². The Morgan fingerprint density at radius 1 is 1.65 bits per heavy atom. The monoisotopic (exact) mass is 234 g/mol. The van der Waals surface area contributed by atoms with Crippen LogP contribution in [0, 0.1) is 0 Å². The van der Waals surface area contributed by atoms with E-state index in [0.717, 1.165) is 25.2 Å². The molecule has 0 aromatic carbocycles. The van der Waals surface area contributed by atoms with Crippen LogP contribution in [-0.2, 0) is 0 Å². The number of pyridine rings is 1. The molecule has 1 unspecified atom stereocenters. The van der Waals surface area contributed by atoms with E-state index in [-0.39, 0.29) is 0 Å². The van der Waals surface area contributed by atoms with E-state index < -0.39 is 5.91 Å². The lowest BCUT2D eigenvalue weighted by molar-refractivity contribution is 0.0995. The normalized spacial score (nSPS) is 19.2. The van der Waals surface area contributed by atoms with Gasteiger partial charge in [0.05, 0.1) is 0 Å². The highest BCUT2D eigenvalue weighted by molar-refractivity contribution is 5.91. The van der Waals surface area contributed by atoms with Crippen molar-refractivity contribution in [1.29, 1.82) is 0 Å². The predicted octanol–water partition coefficient (Wildman–Crippen LogP) is 0.734. The molecule has 1 atom stereocenters. The number of nitrogens with zero attached hydrogens (tertiary/aromatic N) is 1. The summed E-state index contributed by atoms with van der Waals surface area (Å²) in [6.07, 6.45) is 5.21. The molecule has 2 rings (SSSR count). The molecule has 1 aliphatic rings. The first-order chi connectivity index (χ1) is 8.25. The van der Waals surface area contributed by atoms with Gasteiger partial charge in [-0.15, -0.1) is 0 Å². The lowest BCUT2D eigenvalue weighted by atomic mass is 10.1. The Balaban J connectivity index is 1.81. The number of primary amides is 1. The molecule has 5 heteroatoms. The Bertz CT molecular complexity index is 388. The summed E-state index contributed by atoms with van der Waals surface area (Å²) in [5.74, 6) is -0.494. The highest BCUT2D eigenvalue weighted by Gasteiger charge is 2.12. The van der Waals surface area contributed by atoms with Gasteiger partial charge in [-0.2, -0.15) is 0 Å². The fraction of sp³-hybridized carbons (Fsp3) is 0.500. The minimum atomic E-state index is -0.494. The van der Waals surface area contributed by atoms with E-state index in [9.17, 15) is 4.79 Å². The first kappa shape index (κ1) is 11.9. The van der Waals surface area contributed by atoms with E-state index in [2.05, 4.69) is 15.6 Å². The van der Waals surface area contributed by atoms with Gasteiger partial charge in [0.2, 0.25) is 0 Å². The lowest BCUT2D eigenvalue weighted by Crippen LogP contribution is -2.24. The third kappa shape index (κ3) is 3.42. The van der Waals surface area contributed by atoms with E-state index in [1.165, 1.54) is 12.8 Å². The molecular weight excluding hydrogens is 216 g/mol. The first-order valence-corrected chi connectivity index (χ1v) is 5.99. The summed E-state index contributed by atoms with van der Waals surface area (Å²) in [4.78, 5) is 14.9. The zero-order valence-electron chi connectivity index (χ0n) is 9.78. The lowest BCUT2D eigenvalue weighted by Gasteiger charge is -2.11. The quantitative estimate of drug-likeness (QED) is 0.702. The molecule has 0 radical (unpaired) electrons. The fourth-order valence-electron chi connectivity index (χ4n) is 2.07. The maximum Gasteiger partial charge on any atom is 0.267 e. The second kappa shape index (κ2) is 5.63. The van der Waals surface area contributed by atoms with Crippen LogP contribution in [0.25, 0.3) is 0 Å². The van der Waals surface area contributed by atoms with Crippen LogP contribution < -0.4 is 16.4 Å². The molecule has 0 saturated carbocycles. The van der Waals surface area contributed by atoms with E-state index in [1.54, 1.807) is 12.3 Å². The zero-order valence-corrected chi connectivity index (χ0v) is 9.78. The Morgan fingerprint density at radius 2 is 2.53 bits per heavy atom. The van der Waals surface area contributed by atoms with Gasteiger partial charge in [0.1, 0.15) is 5.69 Å². The van der Waals surface area contributed by atoms with Crippen molar-refractivity contribution in [3.05, 3.63) is 24.0 Å². The summed E-state index contributed by atoms with van der Waals surface area (Å²) in [6.45, 7) is 2.02. The van der Waals surface area contributed by atoms with Gasteiger partial charge in [-0.05, 0) is 37.9 Å². The van der Waals surface area contributed by atoms with Crippen molar-refractivity contribution >= 4 is 11.6 Å². The molecule has 17 heavy (non-hydrogen) atoms. The van der Waals surface area contributed by atoms with E-state index in [1.807, 2.05) is 6.07 Å². The Labute approximate surface area is 101 Å². The van der Waals surface area contributed by atoms with Crippen LogP contribution in [0.4, 0.5) is 5.69 Å². The van der Waals surface area contributed by atoms with Crippen molar-refractivity contribution in [2.75, 3.05) is 18.4 Å². The minimum Gasteiger partial charge on any atom is -0.385 e. The van der Waals surface area contributed by atoms with Crippen LogP contribution >= 0.6 is 0 Å². The molecule has 0 bridgehead atoms. The molecule has 1 amide bonds. The van der Waals surface area contributed by atoms with Gasteiger partial charge < -0.3 is 16.4 Å². The van der Waals surface area contributed by atoms with Crippen molar-refractivity contribution in [2.24, 2.45) is 5.73 Å². The molecule has 5 nitrogen and oxygen atoms in total. The Morgan fingerprint density at radius 3 is 3.24 bits per heavy atom. The molecule has 1 fully saturated rings. The average molecular weight is 234 g/mol. The van der Waals surface area contributed by atoms with Gasteiger partial charge in [-0.1, -0.05) is 0 Å². The standard InChI is InChI=1S/C12H18N4O/c13-12(17)11-8-10(4-7-16-11)15-6-3-9-2-1-5-14-9/h4,7-9,14H,1-3,5-6H2,(H2,13,17)(H,15,16). The van der Waals surface area contributed by atoms with Crippen molar-refractivity contribution in [2.45, 2.75) is 25.3 Å². The minimum absolute atomic E-state index is 0.300. The summed E-state index contributed by atoms with van der Waals surface area (Å²) in [5.41, 5.74) is 6.37. The summed E-state index contributed by atoms with van der Waals surface area (Å²) >= 11 is 0. The molecular formula is C12H18N4O. The molecule has 0 aliphatic carbocycles. The van der Waals surface area contributed by atoms with Crippen LogP contribution in [0.15, 0.2) is 18.3 Å². The number of carbonyl (C=O) groups excluding carboxylic acids is 1. The van der Waals surface area contributed by atoms with E-state index >= 15 is 0 Å². The maximum atomic E-state index is 11.0. The van der Waals surface area contributed by atoms with Gasteiger partial charge in [0.25, 0.3) is 5.91 Å². The van der Waals surface area contributed by atoms with Gasteiger partial charge >= 0.3 is 0 Å². The molecule has 92 valence electrons. The fourth-order valence-corrected chi connectivity index (χ4v) is 2.07. The number of nitrogens with one attached hydrogen (secondary N) is 2. The van der Waals surface area contributed by atoms with E-state index in [4.69, 9.17) is 5.73 Å². The highest BCUT2D eigenvalue weighted by Crippen LogP contribution is 2.11. The molecule has 1 saturated heterocycles. The van der Waals surface area contributed by atoms with Gasteiger partial charge in [0, 0.05) is 24.5 Å². The molecule has 1 aromatic heterocycles. The molecule has 1 aromatic rings. The second-order valence-electron chi connectivity index (χ2n) is 4.30. The number of hydrogen-bond acceptors (Lipinski definition) is 4. The van der Waals surface area contributed by atoms with Crippen LogP contribution in [0.5, 0.6) is 0 Å². The second-order valence-corrected chi connectivity index (χ2v) is 4.30. The summed E-state index contributed by atoms with van der Waals surface area (Å²) in [5, 5.41) is 6.73. The SMILES string of the molecule is NC(=O)c1cc(NCCC2CCCN2)ccn1. The third-order valence-corrected chi connectivity index (χ3v) is 3.00. The Kier molecular flexibility index (Phi) is 3.93.